The van der Waals surface area contributed by atoms with Crippen LogP contribution in [0.4, 0.5) is 0 Å². The number of carbonyl (C=O) groups is 1. The van der Waals surface area contributed by atoms with Crippen molar-refractivity contribution in [1.29, 1.82) is 0 Å². The van der Waals surface area contributed by atoms with Gasteiger partial charge >= 0.3 is 0 Å². The molecule has 1 atom stereocenters. The van der Waals surface area contributed by atoms with Gasteiger partial charge in [0.15, 0.2) is 0 Å². The molecule has 0 N–H and O–H groups in total. The summed E-state index contributed by atoms with van der Waals surface area (Å²) in [5.41, 5.74) is 2.85. The second-order valence-corrected chi connectivity index (χ2v) is 5.37. The van der Waals surface area contributed by atoms with Gasteiger partial charge in [-0.25, -0.2) is 0 Å². The largest absolute Gasteiger partial charge is 0.497 e. The lowest BCUT2D eigenvalue weighted by Crippen LogP contribution is -2.26. The van der Waals surface area contributed by atoms with E-state index < -0.39 is 0 Å². The fourth-order valence-corrected chi connectivity index (χ4v) is 2.93. The van der Waals surface area contributed by atoms with Crippen LogP contribution in [-0.2, 0) is 6.54 Å². The lowest BCUT2D eigenvalue weighted by Gasteiger charge is -2.23. The third-order valence-electron chi connectivity index (χ3n) is 4.20. The monoisotopic (exact) mass is 297 g/mol. The van der Waals surface area contributed by atoms with Gasteiger partial charge in [-0.05, 0) is 30.7 Å². The van der Waals surface area contributed by atoms with Crippen LogP contribution >= 0.6 is 0 Å². The van der Waals surface area contributed by atoms with Crippen molar-refractivity contribution < 1.29 is 14.3 Å². The lowest BCUT2D eigenvalue weighted by atomic mass is 10.1. The van der Waals surface area contributed by atoms with Crippen molar-refractivity contribution in [3.05, 3.63) is 59.2 Å². The van der Waals surface area contributed by atoms with E-state index in [1.807, 2.05) is 47.4 Å². The molecule has 0 saturated carbocycles. The summed E-state index contributed by atoms with van der Waals surface area (Å²) in [4.78, 5) is 14.5. The van der Waals surface area contributed by atoms with Crippen LogP contribution in [0.15, 0.2) is 42.5 Å². The van der Waals surface area contributed by atoms with Crippen LogP contribution in [-0.4, -0.2) is 25.0 Å². The van der Waals surface area contributed by atoms with E-state index in [-0.39, 0.29) is 11.9 Å². The molecule has 0 aliphatic carbocycles. The molecule has 0 spiro atoms. The number of hydrogen-bond donors (Lipinski definition) is 0. The number of ether oxygens (including phenoxy) is 2. The van der Waals surface area contributed by atoms with Crippen LogP contribution < -0.4 is 9.47 Å². The van der Waals surface area contributed by atoms with Gasteiger partial charge < -0.3 is 14.4 Å². The van der Waals surface area contributed by atoms with Gasteiger partial charge in [0, 0.05) is 17.2 Å². The van der Waals surface area contributed by atoms with Gasteiger partial charge in [0.05, 0.1) is 26.8 Å². The van der Waals surface area contributed by atoms with Crippen molar-refractivity contribution >= 4 is 5.91 Å². The zero-order valence-electron chi connectivity index (χ0n) is 13.0. The average Bonchev–Trinajstić information content (AvgIpc) is 2.80. The third kappa shape index (κ3) is 2.30. The van der Waals surface area contributed by atoms with Gasteiger partial charge in [0.1, 0.15) is 11.5 Å². The smallest absolute Gasteiger partial charge is 0.255 e. The van der Waals surface area contributed by atoms with E-state index in [9.17, 15) is 4.79 Å². The number of amides is 1. The predicted octanol–water partition coefficient (Wildman–Crippen LogP) is 3.42. The SMILES string of the molecule is COc1ccc(CN2C(=O)c3ccccc3C2C)c(OC)c1. The molecule has 1 aliphatic rings. The van der Waals surface area contributed by atoms with Crippen LogP contribution in [0.25, 0.3) is 0 Å². The quantitative estimate of drug-likeness (QED) is 0.868. The molecule has 114 valence electrons. The van der Waals surface area contributed by atoms with Crippen molar-refractivity contribution in [2.75, 3.05) is 14.2 Å². The summed E-state index contributed by atoms with van der Waals surface area (Å²) in [6.45, 7) is 2.57. The van der Waals surface area contributed by atoms with E-state index in [2.05, 4.69) is 6.92 Å². The maximum atomic E-state index is 12.6. The number of nitrogens with zero attached hydrogens (tertiary/aromatic N) is 1. The summed E-state index contributed by atoms with van der Waals surface area (Å²) in [5, 5.41) is 0. The maximum Gasteiger partial charge on any atom is 0.255 e. The zero-order valence-corrected chi connectivity index (χ0v) is 13.0. The fourth-order valence-electron chi connectivity index (χ4n) is 2.93. The van der Waals surface area contributed by atoms with E-state index in [4.69, 9.17) is 9.47 Å². The Morgan fingerprint density at radius 2 is 1.86 bits per heavy atom. The molecule has 1 aliphatic heterocycles. The molecule has 0 aromatic heterocycles. The molecule has 2 aromatic rings. The summed E-state index contributed by atoms with van der Waals surface area (Å²) in [6, 6.07) is 13.5. The Labute approximate surface area is 130 Å². The Kier molecular flexibility index (Phi) is 3.75. The van der Waals surface area contributed by atoms with Gasteiger partial charge in [-0.15, -0.1) is 0 Å². The Bertz CT molecular complexity index is 711. The van der Waals surface area contributed by atoms with Gasteiger partial charge in [-0.1, -0.05) is 18.2 Å². The number of fused-ring (bicyclic) bond motifs is 1. The number of hydrogen-bond acceptors (Lipinski definition) is 3. The van der Waals surface area contributed by atoms with Gasteiger partial charge in [-0.3, -0.25) is 4.79 Å². The number of rotatable bonds is 4. The minimum absolute atomic E-state index is 0.0653. The number of benzene rings is 2. The van der Waals surface area contributed by atoms with E-state index in [0.29, 0.717) is 6.54 Å². The summed E-state index contributed by atoms with van der Waals surface area (Å²) in [5.74, 6) is 1.54. The van der Waals surface area contributed by atoms with Crippen LogP contribution in [0.2, 0.25) is 0 Å². The van der Waals surface area contributed by atoms with Crippen molar-refractivity contribution in [2.45, 2.75) is 19.5 Å². The molecule has 0 bridgehead atoms. The first-order valence-corrected chi connectivity index (χ1v) is 7.26. The summed E-state index contributed by atoms with van der Waals surface area (Å²) < 4.78 is 10.6. The molecule has 1 amide bonds. The van der Waals surface area contributed by atoms with Crippen LogP contribution in [0.1, 0.15) is 34.5 Å². The van der Waals surface area contributed by atoms with E-state index in [1.54, 1.807) is 14.2 Å². The lowest BCUT2D eigenvalue weighted by molar-refractivity contribution is 0.0721. The zero-order chi connectivity index (χ0) is 15.7. The number of carbonyl (C=O) groups excluding carboxylic acids is 1. The first-order valence-electron chi connectivity index (χ1n) is 7.26. The molecule has 0 radical (unpaired) electrons. The van der Waals surface area contributed by atoms with Crippen molar-refractivity contribution in [3.63, 3.8) is 0 Å². The van der Waals surface area contributed by atoms with Crippen LogP contribution in [0, 0.1) is 0 Å². The highest BCUT2D eigenvalue weighted by molar-refractivity contribution is 5.99. The first-order chi connectivity index (χ1) is 10.7. The normalized spacial score (nSPS) is 16.6. The molecule has 22 heavy (non-hydrogen) atoms. The molecule has 1 unspecified atom stereocenters. The Balaban J connectivity index is 1.90. The molecule has 0 fully saturated rings. The molecule has 4 nitrogen and oxygen atoms in total. The molecule has 2 aromatic carbocycles. The maximum absolute atomic E-state index is 12.6. The molecule has 4 heteroatoms. The standard InChI is InChI=1S/C18H19NO3/c1-12-15-6-4-5-7-16(15)18(20)19(12)11-13-8-9-14(21-2)10-17(13)22-3/h4-10,12H,11H2,1-3H3. The molecule has 0 saturated heterocycles. The van der Waals surface area contributed by atoms with Gasteiger partial charge in [0.2, 0.25) is 0 Å². The first kappa shape index (κ1) is 14.4. The Morgan fingerprint density at radius 1 is 1.09 bits per heavy atom. The van der Waals surface area contributed by atoms with E-state index >= 15 is 0 Å². The van der Waals surface area contributed by atoms with E-state index in [1.165, 1.54) is 0 Å². The molecule has 1 heterocycles. The van der Waals surface area contributed by atoms with Crippen LogP contribution in [0.3, 0.4) is 0 Å². The highest BCUT2D eigenvalue weighted by atomic mass is 16.5. The molecular formula is C18H19NO3. The summed E-state index contributed by atoms with van der Waals surface area (Å²) in [6.07, 6.45) is 0. The fraction of sp³-hybridized carbons (Fsp3) is 0.278. The van der Waals surface area contributed by atoms with Crippen LogP contribution in [0.5, 0.6) is 11.5 Å². The average molecular weight is 297 g/mol. The highest BCUT2D eigenvalue weighted by Crippen LogP contribution is 2.36. The topological polar surface area (TPSA) is 38.8 Å². The predicted molar refractivity (Wildman–Crippen MR) is 84.3 cm³/mol. The minimum Gasteiger partial charge on any atom is -0.497 e. The highest BCUT2D eigenvalue weighted by Gasteiger charge is 2.33. The van der Waals surface area contributed by atoms with E-state index in [0.717, 1.165) is 28.2 Å². The van der Waals surface area contributed by atoms with Gasteiger partial charge in [0.25, 0.3) is 5.91 Å². The Hall–Kier alpha value is -2.49. The Morgan fingerprint density at radius 3 is 2.55 bits per heavy atom. The second kappa shape index (κ2) is 5.72. The minimum atomic E-state index is 0.0653. The van der Waals surface area contributed by atoms with Gasteiger partial charge in [-0.2, -0.15) is 0 Å². The van der Waals surface area contributed by atoms with Crippen molar-refractivity contribution in [2.24, 2.45) is 0 Å². The summed E-state index contributed by atoms with van der Waals surface area (Å²) >= 11 is 0. The molecular weight excluding hydrogens is 278 g/mol. The summed E-state index contributed by atoms with van der Waals surface area (Å²) in [7, 11) is 3.25. The molecule has 3 rings (SSSR count). The number of methoxy groups -OCH3 is 2. The van der Waals surface area contributed by atoms with Crippen molar-refractivity contribution in [1.82, 2.24) is 4.90 Å². The van der Waals surface area contributed by atoms with Crippen molar-refractivity contribution in [3.8, 4) is 11.5 Å². The third-order valence-corrected chi connectivity index (χ3v) is 4.20. The second-order valence-electron chi connectivity index (χ2n) is 5.37.